The number of aromatic nitrogens is 1. The number of nitro groups is 1. The molecule has 0 aliphatic rings. The number of phenols is 1. The first kappa shape index (κ1) is 20.3. The van der Waals surface area contributed by atoms with E-state index < -0.39 is 10.7 Å². The lowest BCUT2D eigenvalue weighted by Gasteiger charge is -2.07. The molecule has 1 heterocycles. The van der Waals surface area contributed by atoms with Crippen molar-refractivity contribution in [1.29, 1.82) is 0 Å². The average molecular weight is 415 g/mol. The van der Waals surface area contributed by atoms with E-state index in [9.17, 15) is 15.2 Å². The normalized spacial score (nSPS) is 12.5. The number of hydrogen-bond donors (Lipinski definition) is 1. The lowest BCUT2D eigenvalue weighted by molar-refractivity contribution is -0.385. The molecule has 7 nitrogen and oxygen atoms in total. The van der Waals surface area contributed by atoms with Crippen LogP contribution in [-0.4, -0.2) is 21.2 Å². The molecule has 3 aromatic carbocycles. The quantitative estimate of drug-likeness (QED) is 0.224. The van der Waals surface area contributed by atoms with Crippen LogP contribution in [0.2, 0.25) is 0 Å². The lowest BCUT2D eigenvalue weighted by Crippen LogP contribution is -1.91. The van der Waals surface area contributed by atoms with Crippen LogP contribution in [0.3, 0.4) is 0 Å². The third-order valence-corrected chi connectivity index (χ3v) is 5.30. The van der Waals surface area contributed by atoms with Crippen molar-refractivity contribution in [2.45, 2.75) is 26.2 Å². The van der Waals surface area contributed by atoms with Crippen molar-refractivity contribution in [2.75, 3.05) is 0 Å². The number of aromatic hydroxyl groups is 1. The molecule has 1 aromatic heterocycles. The molecule has 156 valence electrons. The van der Waals surface area contributed by atoms with Gasteiger partial charge < -0.3 is 9.52 Å². The van der Waals surface area contributed by atoms with E-state index in [0.29, 0.717) is 17.5 Å². The highest BCUT2D eigenvalue weighted by Crippen LogP contribution is 2.30. The molecular weight excluding hydrogens is 394 g/mol. The van der Waals surface area contributed by atoms with E-state index in [0.717, 1.165) is 23.1 Å². The standard InChI is InChI=1S/C24H21N3O4/c1-3-15(2)17-9-12-22-20(13-17)26-24(31-22)16-7-10-19(11-8-16)25-14-18-5-4-6-21(23(18)28)27(29)30/h4-15,28H,3H2,1-2H3/t15-/m0/s1. The van der Waals surface area contributed by atoms with Crippen molar-refractivity contribution in [3.8, 4) is 17.2 Å². The van der Waals surface area contributed by atoms with Crippen LogP contribution in [0.25, 0.3) is 22.6 Å². The fraction of sp³-hybridized carbons (Fsp3) is 0.167. The molecule has 4 aromatic rings. The van der Waals surface area contributed by atoms with Gasteiger partial charge in [-0.05, 0) is 60.4 Å². The van der Waals surface area contributed by atoms with E-state index in [-0.39, 0.29) is 11.3 Å². The molecule has 1 atom stereocenters. The molecule has 0 fully saturated rings. The molecule has 4 rings (SSSR count). The van der Waals surface area contributed by atoms with Crippen LogP contribution in [0.5, 0.6) is 5.75 Å². The lowest BCUT2D eigenvalue weighted by atomic mass is 9.98. The predicted molar refractivity (Wildman–Crippen MR) is 120 cm³/mol. The Balaban J connectivity index is 1.57. The van der Waals surface area contributed by atoms with Crippen LogP contribution in [0.4, 0.5) is 11.4 Å². The van der Waals surface area contributed by atoms with Gasteiger partial charge in [-0.2, -0.15) is 0 Å². The Labute approximate surface area is 178 Å². The van der Waals surface area contributed by atoms with Crippen molar-refractivity contribution in [3.05, 3.63) is 81.9 Å². The number of phenolic OH excluding ortho intramolecular Hbond substituents is 1. The molecule has 0 radical (unpaired) electrons. The zero-order valence-electron chi connectivity index (χ0n) is 17.1. The summed E-state index contributed by atoms with van der Waals surface area (Å²) in [5.41, 5.74) is 4.18. The van der Waals surface area contributed by atoms with Gasteiger partial charge in [0.1, 0.15) is 5.52 Å². The fourth-order valence-electron chi connectivity index (χ4n) is 3.24. The second kappa shape index (κ2) is 8.39. The number of fused-ring (bicyclic) bond motifs is 1. The summed E-state index contributed by atoms with van der Waals surface area (Å²) in [6, 6.07) is 17.7. The van der Waals surface area contributed by atoms with E-state index in [1.165, 1.54) is 23.9 Å². The van der Waals surface area contributed by atoms with Gasteiger partial charge in [-0.3, -0.25) is 15.1 Å². The highest BCUT2D eigenvalue weighted by atomic mass is 16.6. The molecule has 0 spiro atoms. The van der Waals surface area contributed by atoms with Gasteiger partial charge in [-0.15, -0.1) is 0 Å². The van der Waals surface area contributed by atoms with Gasteiger partial charge in [0.2, 0.25) is 11.6 Å². The van der Waals surface area contributed by atoms with Crippen molar-refractivity contribution < 1.29 is 14.4 Å². The summed E-state index contributed by atoms with van der Waals surface area (Å²) in [7, 11) is 0. The Kier molecular flexibility index (Phi) is 5.49. The van der Waals surface area contributed by atoms with Gasteiger partial charge in [-0.25, -0.2) is 4.98 Å². The second-order valence-corrected chi connectivity index (χ2v) is 7.33. The number of para-hydroxylation sites is 1. The molecular formula is C24H21N3O4. The third-order valence-electron chi connectivity index (χ3n) is 5.30. The first-order valence-electron chi connectivity index (χ1n) is 9.97. The largest absolute Gasteiger partial charge is 0.502 e. The van der Waals surface area contributed by atoms with E-state index in [2.05, 4.69) is 36.0 Å². The summed E-state index contributed by atoms with van der Waals surface area (Å²) in [6.45, 7) is 4.35. The summed E-state index contributed by atoms with van der Waals surface area (Å²) in [6.07, 6.45) is 2.46. The van der Waals surface area contributed by atoms with Gasteiger partial charge in [-0.1, -0.05) is 26.0 Å². The van der Waals surface area contributed by atoms with Gasteiger partial charge in [0.15, 0.2) is 5.58 Å². The molecule has 0 aliphatic heterocycles. The zero-order valence-corrected chi connectivity index (χ0v) is 17.1. The van der Waals surface area contributed by atoms with Gasteiger partial charge >= 0.3 is 5.69 Å². The third kappa shape index (κ3) is 4.16. The fourth-order valence-corrected chi connectivity index (χ4v) is 3.24. The maximum absolute atomic E-state index is 10.9. The summed E-state index contributed by atoms with van der Waals surface area (Å²) < 4.78 is 5.90. The maximum atomic E-state index is 10.9. The molecule has 0 amide bonds. The van der Waals surface area contributed by atoms with Crippen LogP contribution >= 0.6 is 0 Å². The number of hydrogen-bond acceptors (Lipinski definition) is 6. The Morgan fingerprint density at radius 3 is 2.68 bits per heavy atom. The van der Waals surface area contributed by atoms with Gasteiger partial charge in [0, 0.05) is 23.4 Å². The van der Waals surface area contributed by atoms with Crippen molar-refractivity contribution >= 4 is 28.7 Å². The SMILES string of the molecule is CC[C@H](C)c1ccc2oc(-c3ccc(N=Cc4cccc([N+](=O)[O-])c4O)cc3)nc2c1. The molecule has 1 N–H and O–H groups in total. The Morgan fingerprint density at radius 1 is 1.19 bits per heavy atom. The van der Waals surface area contributed by atoms with Gasteiger partial charge in [0.25, 0.3) is 0 Å². The highest BCUT2D eigenvalue weighted by molar-refractivity contribution is 5.87. The summed E-state index contributed by atoms with van der Waals surface area (Å²) >= 11 is 0. The predicted octanol–water partition coefficient (Wildman–Crippen LogP) is 6.37. The smallest absolute Gasteiger partial charge is 0.311 e. The Hall–Kier alpha value is -4.00. The second-order valence-electron chi connectivity index (χ2n) is 7.33. The van der Waals surface area contributed by atoms with Crippen molar-refractivity contribution in [1.82, 2.24) is 4.98 Å². The van der Waals surface area contributed by atoms with Crippen molar-refractivity contribution in [2.24, 2.45) is 4.99 Å². The molecule has 31 heavy (non-hydrogen) atoms. The topological polar surface area (TPSA) is 102 Å². The summed E-state index contributed by atoms with van der Waals surface area (Å²) in [4.78, 5) is 19.2. The van der Waals surface area contributed by atoms with E-state index in [1.54, 1.807) is 18.2 Å². The van der Waals surface area contributed by atoms with E-state index >= 15 is 0 Å². The number of oxazole rings is 1. The minimum atomic E-state index is -0.631. The molecule has 0 saturated carbocycles. The van der Waals surface area contributed by atoms with E-state index in [1.807, 2.05) is 18.2 Å². The molecule has 0 bridgehead atoms. The maximum Gasteiger partial charge on any atom is 0.311 e. The van der Waals surface area contributed by atoms with Crippen LogP contribution in [0.15, 0.2) is 70.1 Å². The van der Waals surface area contributed by atoms with Gasteiger partial charge in [0.05, 0.1) is 10.6 Å². The minimum absolute atomic E-state index is 0.273. The molecule has 0 unspecified atom stereocenters. The number of aliphatic imine (C=N–C) groups is 1. The number of nitrogens with zero attached hydrogens (tertiary/aromatic N) is 3. The van der Waals surface area contributed by atoms with Crippen molar-refractivity contribution in [3.63, 3.8) is 0 Å². The van der Waals surface area contributed by atoms with E-state index in [4.69, 9.17) is 4.42 Å². The first-order valence-corrected chi connectivity index (χ1v) is 9.97. The Bertz CT molecular complexity index is 1280. The number of rotatable bonds is 6. The number of nitro benzene ring substituents is 1. The Morgan fingerprint density at radius 2 is 1.97 bits per heavy atom. The van der Waals surface area contributed by atoms with Crippen LogP contribution < -0.4 is 0 Å². The minimum Gasteiger partial charge on any atom is -0.502 e. The van der Waals surface area contributed by atoms with Crippen LogP contribution in [0, 0.1) is 10.1 Å². The highest BCUT2D eigenvalue weighted by Gasteiger charge is 2.15. The molecule has 0 saturated heterocycles. The molecule has 7 heteroatoms. The number of benzene rings is 3. The summed E-state index contributed by atoms with van der Waals surface area (Å²) in [5, 5.41) is 21.0. The monoisotopic (exact) mass is 415 g/mol. The van der Waals surface area contributed by atoms with Crippen LogP contribution in [0.1, 0.15) is 37.3 Å². The van der Waals surface area contributed by atoms with Crippen LogP contribution in [-0.2, 0) is 0 Å². The summed E-state index contributed by atoms with van der Waals surface area (Å²) in [5.74, 6) is 0.589. The zero-order chi connectivity index (χ0) is 22.0. The first-order chi connectivity index (χ1) is 15.0. The average Bonchev–Trinajstić information content (AvgIpc) is 3.21. The molecule has 0 aliphatic carbocycles.